The van der Waals surface area contributed by atoms with Crippen LogP contribution in [0.15, 0.2) is 24.3 Å². The summed E-state index contributed by atoms with van der Waals surface area (Å²) in [6, 6.07) is 0. The van der Waals surface area contributed by atoms with Gasteiger partial charge >= 0.3 is 11.9 Å². The number of carbonyl (C=O) groups is 2. The molecule has 2 unspecified atom stereocenters. The molecule has 152 valence electrons. The van der Waals surface area contributed by atoms with Crippen LogP contribution in [-0.2, 0) is 28.2 Å². The Morgan fingerprint density at radius 3 is 1.54 bits per heavy atom. The maximum atomic E-state index is 10.9. The summed E-state index contributed by atoms with van der Waals surface area (Å²) in [7, 11) is -5.97. The molecule has 0 rings (SSSR count). The van der Waals surface area contributed by atoms with E-state index < -0.39 is 26.7 Å². The standard InChI is InChI=1S/C9H17O4P.C7H13O4P/c1-8(2)9(10)13-6-4-5-7-14(3,11)12;1-6(2)7(8)11-4-5-12(3,9)10/h1,4-7H2,2-3H3,(H,11,12);1,4-5H2,2-3H3,(H,9,10). The first-order chi connectivity index (χ1) is 11.7. The monoisotopic (exact) mass is 412 g/mol. The quantitative estimate of drug-likeness (QED) is 0.243. The van der Waals surface area contributed by atoms with Crippen LogP contribution in [-0.4, -0.2) is 60.6 Å². The molecule has 26 heavy (non-hydrogen) atoms. The zero-order valence-electron chi connectivity index (χ0n) is 15.9. The van der Waals surface area contributed by atoms with Crippen molar-refractivity contribution in [2.45, 2.75) is 26.7 Å². The largest absolute Gasteiger partial charge is 0.462 e. The highest BCUT2D eigenvalue weighted by atomic mass is 31.2. The van der Waals surface area contributed by atoms with Crippen molar-refractivity contribution in [2.75, 3.05) is 38.9 Å². The third kappa shape index (κ3) is 20.8. The van der Waals surface area contributed by atoms with Gasteiger partial charge in [0.05, 0.1) is 12.8 Å². The minimum absolute atomic E-state index is 0.00792. The smallest absolute Gasteiger partial charge is 0.333 e. The third-order valence-corrected chi connectivity index (χ3v) is 4.80. The van der Waals surface area contributed by atoms with Crippen LogP contribution in [0.2, 0.25) is 0 Å². The second-order valence-corrected chi connectivity index (χ2v) is 11.2. The summed E-state index contributed by atoms with van der Waals surface area (Å²) in [4.78, 5) is 39.4. The summed E-state index contributed by atoms with van der Waals surface area (Å²) in [6.45, 7) is 12.7. The fraction of sp³-hybridized carbons (Fsp3) is 0.625. The second-order valence-electron chi connectivity index (χ2n) is 6.09. The summed E-state index contributed by atoms with van der Waals surface area (Å²) in [5, 5.41) is 0. The van der Waals surface area contributed by atoms with Crippen LogP contribution in [0.25, 0.3) is 0 Å². The van der Waals surface area contributed by atoms with Crippen molar-refractivity contribution in [1.29, 1.82) is 0 Å². The van der Waals surface area contributed by atoms with Gasteiger partial charge in [0.15, 0.2) is 7.37 Å². The van der Waals surface area contributed by atoms with E-state index in [0.29, 0.717) is 24.0 Å². The lowest BCUT2D eigenvalue weighted by Crippen LogP contribution is -2.08. The van der Waals surface area contributed by atoms with Crippen molar-refractivity contribution in [1.82, 2.24) is 0 Å². The highest BCUT2D eigenvalue weighted by molar-refractivity contribution is 7.57. The van der Waals surface area contributed by atoms with Gasteiger partial charge in [-0.15, -0.1) is 0 Å². The normalized spacial score (nSPS) is 14.7. The maximum absolute atomic E-state index is 10.9. The first kappa shape index (κ1) is 27.0. The van der Waals surface area contributed by atoms with Gasteiger partial charge in [0.1, 0.15) is 6.61 Å². The number of ether oxygens (including phenoxy) is 2. The zero-order valence-corrected chi connectivity index (χ0v) is 17.7. The molecule has 0 fully saturated rings. The molecule has 2 atom stereocenters. The molecule has 10 heteroatoms. The van der Waals surface area contributed by atoms with Crippen LogP contribution in [0, 0.1) is 0 Å². The minimum Gasteiger partial charge on any atom is -0.462 e. The van der Waals surface area contributed by atoms with Gasteiger partial charge in [0, 0.05) is 30.6 Å². The summed E-state index contributed by atoms with van der Waals surface area (Å²) in [5.74, 6) is -0.933. The molecule has 0 spiro atoms. The molecule has 0 heterocycles. The van der Waals surface area contributed by atoms with Gasteiger partial charge in [-0.1, -0.05) is 13.2 Å². The van der Waals surface area contributed by atoms with Crippen LogP contribution in [0.3, 0.4) is 0 Å². The van der Waals surface area contributed by atoms with Crippen LogP contribution in [0.1, 0.15) is 26.7 Å². The van der Waals surface area contributed by atoms with Gasteiger partial charge in [-0.05, 0) is 26.7 Å². The van der Waals surface area contributed by atoms with Gasteiger partial charge in [0.2, 0.25) is 7.37 Å². The molecule has 0 saturated carbocycles. The average Bonchev–Trinajstić information content (AvgIpc) is 2.44. The summed E-state index contributed by atoms with van der Waals surface area (Å²) < 4.78 is 31.0. The van der Waals surface area contributed by atoms with Crippen molar-refractivity contribution in [3.05, 3.63) is 24.3 Å². The Bertz CT molecular complexity index is 585. The highest BCUT2D eigenvalue weighted by Gasteiger charge is 2.11. The first-order valence-corrected chi connectivity index (χ1v) is 12.5. The molecule has 8 nitrogen and oxygen atoms in total. The van der Waals surface area contributed by atoms with E-state index in [1.807, 2.05) is 0 Å². The van der Waals surface area contributed by atoms with Crippen LogP contribution >= 0.6 is 14.7 Å². The SMILES string of the molecule is C=C(C)C(=O)OCCCCP(C)(=O)O.C=C(C)C(=O)OCCP(C)(=O)O. The minimum atomic E-state index is -3.06. The molecule has 0 aliphatic heterocycles. The topological polar surface area (TPSA) is 127 Å². The van der Waals surface area contributed by atoms with Gasteiger partial charge < -0.3 is 19.3 Å². The fourth-order valence-corrected chi connectivity index (χ4v) is 2.47. The maximum Gasteiger partial charge on any atom is 0.333 e. The second kappa shape index (κ2) is 13.0. The average molecular weight is 412 g/mol. The van der Waals surface area contributed by atoms with Gasteiger partial charge in [0.25, 0.3) is 0 Å². The van der Waals surface area contributed by atoms with Crippen LogP contribution in [0.4, 0.5) is 0 Å². The summed E-state index contributed by atoms with van der Waals surface area (Å²) in [5.41, 5.74) is 0.659. The van der Waals surface area contributed by atoms with Crippen LogP contribution in [0.5, 0.6) is 0 Å². The molecule has 0 radical (unpaired) electrons. The lowest BCUT2D eigenvalue weighted by Gasteiger charge is -2.05. The first-order valence-electron chi connectivity index (χ1n) is 7.89. The number of hydrogen-bond acceptors (Lipinski definition) is 6. The molecule has 2 N–H and O–H groups in total. The van der Waals surface area contributed by atoms with E-state index in [9.17, 15) is 18.7 Å². The number of carbonyl (C=O) groups excluding carboxylic acids is 2. The van der Waals surface area contributed by atoms with Gasteiger partial charge in [-0.2, -0.15) is 0 Å². The Morgan fingerprint density at radius 2 is 1.19 bits per heavy atom. The molecule has 0 aliphatic carbocycles. The molecular weight excluding hydrogens is 382 g/mol. The number of unbranched alkanes of at least 4 members (excludes halogenated alkanes) is 1. The molecule has 0 aromatic rings. The van der Waals surface area contributed by atoms with E-state index in [0.717, 1.165) is 0 Å². The Morgan fingerprint density at radius 1 is 0.808 bits per heavy atom. The van der Waals surface area contributed by atoms with E-state index in [1.165, 1.54) is 20.3 Å². The van der Waals surface area contributed by atoms with Gasteiger partial charge in [-0.25, -0.2) is 9.59 Å². The Balaban J connectivity index is 0. The van der Waals surface area contributed by atoms with Crippen molar-refractivity contribution in [2.24, 2.45) is 0 Å². The Labute approximate surface area is 155 Å². The van der Waals surface area contributed by atoms with Crippen molar-refractivity contribution in [3.8, 4) is 0 Å². The van der Waals surface area contributed by atoms with E-state index in [2.05, 4.69) is 17.9 Å². The van der Waals surface area contributed by atoms with Crippen molar-refractivity contribution in [3.63, 3.8) is 0 Å². The number of esters is 2. The molecule has 0 bridgehead atoms. The predicted molar refractivity (Wildman–Crippen MR) is 102 cm³/mol. The molecule has 0 amide bonds. The number of rotatable bonds is 10. The highest BCUT2D eigenvalue weighted by Crippen LogP contribution is 2.36. The van der Waals surface area contributed by atoms with Crippen molar-refractivity contribution < 1.29 is 38.0 Å². The summed E-state index contributed by atoms with van der Waals surface area (Å²) in [6.07, 6.45) is 1.47. The molecular formula is C16H30O8P2. The lowest BCUT2D eigenvalue weighted by atomic mass is 10.3. The van der Waals surface area contributed by atoms with E-state index >= 15 is 0 Å². The Hall–Kier alpha value is -1.20. The number of hydrogen-bond donors (Lipinski definition) is 2. The molecule has 0 aromatic carbocycles. The summed E-state index contributed by atoms with van der Waals surface area (Å²) >= 11 is 0. The lowest BCUT2D eigenvalue weighted by molar-refractivity contribution is -0.139. The van der Waals surface area contributed by atoms with E-state index in [-0.39, 0.29) is 25.5 Å². The fourth-order valence-electron chi connectivity index (χ4n) is 1.23. The van der Waals surface area contributed by atoms with E-state index in [1.54, 1.807) is 6.92 Å². The molecule has 0 aromatic heterocycles. The molecule has 0 saturated heterocycles. The van der Waals surface area contributed by atoms with E-state index in [4.69, 9.17) is 14.5 Å². The molecule has 0 aliphatic rings. The van der Waals surface area contributed by atoms with Gasteiger partial charge in [-0.3, -0.25) is 9.13 Å². The van der Waals surface area contributed by atoms with Crippen LogP contribution < -0.4 is 0 Å². The zero-order chi connectivity index (χ0) is 21.0. The Kier molecular flexibility index (Phi) is 13.6. The van der Waals surface area contributed by atoms with Crippen molar-refractivity contribution >= 4 is 26.7 Å². The third-order valence-electron chi connectivity index (χ3n) is 2.64. The predicted octanol–water partition coefficient (Wildman–Crippen LogP) is 2.79.